The molecular weight excluding hydrogens is 393 g/mol. The van der Waals surface area contributed by atoms with Crippen molar-refractivity contribution in [3.8, 4) is 16.3 Å². The average Bonchev–Trinajstić information content (AvgIpc) is 3.17. The molecule has 3 aromatic rings. The topological polar surface area (TPSA) is 80.3 Å². The van der Waals surface area contributed by atoms with E-state index in [1.165, 1.54) is 35.6 Å². The molecule has 0 saturated carbocycles. The van der Waals surface area contributed by atoms with Crippen molar-refractivity contribution in [3.63, 3.8) is 0 Å². The first kappa shape index (κ1) is 20.5. The molecule has 0 spiro atoms. The highest BCUT2D eigenvalue weighted by atomic mass is 32.1. The van der Waals surface area contributed by atoms with Crippen LogP contribution in [-0.2, 0) is 22.4 Å². The molecule has 0 unspecified atom stereocenters. The lowest BCUT2D eigenvalue weighted by Gasteiger charge is -2.07. The Morgan fingerprint density at radius 1 is 1.03 bits per heavy atom. The maximum atomic E-state index is 12.9. The number of ether oxygens (including phenoxy) is 1. The number of rotatable bonds is 7. The highest BCUT2D eigenvalue weighted by Gasteiger charge is 2.13. The first-order valence-electron chi connectivity index (χ1n) is 9.04. The molecule has 150 valence electrons. The molecule has 3 rings (SSSR count). The summed E-state index contributed by atoms with van der Waals surface area (Å²) in [4.78, 5) is 28.5. The molecule has 29 heavy (non-hydrogen) atoms. The van der Waals surface area contributed by atoms with Crippen LogP contribution in [0.4, 0.5) is 4.39 Å². The van der Waals surface area contributed by atoms with Crippen LogP contribution in [0.15, 0.2) is 53.9 Å². The third-order valence-corrected chi connectivity index (χ3v) is 4.85. The van der Waals surface area contributed by atoms with E-state index in [-0.39, 0.29) is 24.6 Å². The molecule has 2 N–H and O–H groups in total. The summed E-state index contributed by atoms with van der Waals surface area (Å²) in [5.74, 6) is -0.399. The monoisotopic (exact) mass is 413 g/mol. The number of nitrogens with one attached hydrogen (secondary N) is 2. The maximum absolute atomic E-state index is 12.9. The first-order valence-corrected chi connectivity index (χ1v) is 9.92. The van der Waals surface area contributed by atoms with Gasteiger partial charge in [0.25, 0.3) is 0 Å². The molecule has 1 aromatic heterocycles. The Hall–Kier alpha value is -3.26. The number of para-hydroxylation sites is 1. The highest BCUT2D eigenvalue weighted by molar-refractivity contribution is 7.13. The van der Waals surface area contributed by atoms with E-state index in [1.54, 1.807) is 5.38 Å². The van der Waals surface area contributed by atoms with Gasteiger partial charge in [0.15, 0.2) is 0 Å². The van der Waals surface area contributed by atoms with Gasteiger partial charge >= 0.3 is 0 Å². The van der Waals surface area contributed by atoms with Crippen molar-refractivity contribution in [3.05, 3.63) is 71.0 Å². The van der Waals surface area contributed by atoms with Gasteiger partial charge in [0.1, 0.15) is 16.6 Å². The summed E-state index contributed by atoms with van der Waals surface area (Å²) in [6, 6.07) is 13.2. The molecular formula is C21H20FN3O3S. The molecule has 0 aliphatic carbocycles. The van der Waals surface area contributed by atoms with E-state index in [2.05, 4.69) is 15.8 Å². The fourth-order valence-corrected chi connectivity index (χ4v) is 3.47. The van der Waals surface area contributed by atoms with Gasteiger partial charge in [-0.15, -0.1) is 11.3 Å². The van der Waals surface area contributed by atoms with E-state index in [4.69, 9.17) is 4.74 Å². The lowest BCUT2D eigenvalue weighted by molar-refractivity contribution is -0.128. The smallest absolute Gasteiger partial charge is 0.244 e. The van der Waals surface area contributed by atoms with E-state index in [0.717, 1.165) is 16.3 Å². The fourth-order valence-electron chi connectivity index (χ4n) is 2.62. The molecule has 2 aromatic carbocycles. The second kappa shape index (κ2) is 9.79. The van der Waals surface area contributed by atoms with Crippen LogP contribution in [0, 0.1) is 5.82 Å². The van der Waals surface area contributed by atoms with Crippen LogP contribution in [0.2, 0.25) is 0 Å². The molecule has 1 heterocycles. The minimum absolute atomic E-state index is 0.0319. The van der Waals surface area contributed by atoms with Crippen molar-refractivity contribution in [2.24, 2.45) is 0 Å². The summed E-state index contributed by atoms with van der Waals surface area (Å²) in [6.07, 6.45) is 0.0692. The van der Waals surface area contributed by atoms with Crippen LogP contribution in [0.1, 0.15) is 18.2 Å². The minimum Gasteiger partial charge on any atom is -0.493 e. The molecule has 0 atom stereocenters. The largest absolute Gasteiger partial charge is 0.493 e. The van der Waals surface area contributed by atoms with Crippen molar-refractivity contribution in [1.29, 1.82) is 0 Å². The van der Waals surface area contributed by atoms with Gasteiger partial charge in [-0.05, 0) is 36.8 Å². The number of hydrogen-bond donors (Lipinski definition) is 2. The Morgan fingerprint density at radius 3 is 2.45 bits per heavy atom. The van der Waals surface area contributed by atoms with Crippen LogP contribution in [-0.4, -0.2) is 23.4 Å². The normalized spacial score (nSPS) is 10.4. The third-order valence-electron chi connectivity index (χ3n) is 3.93. The van der Waals surface area contributed by atoms with Crippen molar-refractivity contribution < 1.29 is 18.7 Å². The summed E-state index contributed by atoms with van der Waals surface area (Å²) in [6.45, 7) is 2.47. The van der Waals surface area contributed by atoms with E-state index < -0.39 is 5.91 Å². The molecule has 0 fully saturated rings. The summed E-state index contributed by atoms with van der Waals surface area (Å²) in [7, 11) is 0. The molecule has 8 heteroatoms. The van der Waals surface area contributed by atoms with Gasteiger partial charge in [-0.25, -0.2) is 9.37 Å². The molecule has 0 radical (unpaired) electrons. The van der Waals surface area contributed by atoms with Crippen molar-refractivity contribution in [2.45, 2.75) is 19.8 Å². The number of carbonyl (C=O) groups is 2. The van der Waals surface area contributed by atoms with Gasteiger partial charge < -0.3 is 4.74 Å². The Balaban J connectivity index is 1.52. The average molecular weight is 413 g/mol. The van der Waals surface area contributed by atoms with Gasteiger partial charge in [-0.1, -0.05) is 24.3 Å². The highest BCUT2D eigenvalue weighted by Crippen LogP contribution is 2.32. The van der Waals surface area contributed by atoms with Crippen LogP contribution >= 0.6 is 11.3 Å². The van der Waals surface area contributed by atoms with Crippen LogP contribution < -0.4 is 15.6 Å². The zero-order chi connectivity index (χ0) is 20.6. The lowest BCUT2D eigenvalue weighted by Crippen LogP contribution is -2.43. The number of carbonyl (C=O) groups excluding carboxylic acids is 2. The van der Waals surface area contributed by atoms with Gasteiger partial charge in [-0.2, -0.15) is 0 Å². The van der Waals surface area contributed by atoms with E-state index >= 15 is 0 Å². The van der Waals surface area contributed by atoms with E-state index in [9.17, 15) is 14.0 Å². The second-order valence-corrected chi connectivity index (χ2v) is 7.01. The maximum Gasteiger partial charge on any atom is 0.244 e. The molecule has 0 aliphatic heterocycles. The third kappa shape index (κ3) is 5.86. The van der Waals surface area contributed by atoms with E-state index in [1.807, 2.05) is 31.2 Å². The van der Waals surface area contributed by atoms with E-state index in [0.29, 0.717) is 17.9 Å². The van der Waals surface area contributed by atoms with Crippen molar-refractivity contribution >= 4 is 23.2 Å². The predicted octanol–water partition coefficient (Wildman–Crippen LogP) is 3.28. The minimum atomic E-state index is -0.394. The molecule has 6 nitrogen and oxygen atoms in total. The lowest BCUT2D eigenvalue weighted by atomic mass is 10.1. The number of amides is 2. The Labute approximate surface area is 171 Å². The Bertz CT molecular complexity index is 989. The zero-order valence-electron chi connectivity index (χ0n) is 15.8. The number of benzene rings is 2. The summed E-state index contributed by atoms with van der Waals surface area (Å²) in [5, 5.41) is 2.56. The van der Waals surface area contributed by atoms with Gasteiger partial charge in [0, 0.05) is 5.38 Å². The number of aromatic nitrogens is 1. The second-order valence-electron chi connectivity index (χ2n) is 6.15. The fraction of sp³-hybridized carbons (Fsp3) is 0.190. The summed E-state index contributed by atoms with van der Waals surface area (Å²) in [5.41, 5.74) is 6.84. The standard InChI is InChI=1S/C21H20FN3O3S/c1-2-28-18-6-4-3-5-17(18)21-23-16(13-29-21)12-20(27)25-24-19(26)11-14-7-9-15(22)10-8-14/h3-10,13H,2,11-12H2,1H3,(H,24,26)(H,25,27). The van der Waals surface area contributed by atoms with Crippen LogP contribution in [0.25, 0.3) is 10.6 Å². The van der Waals surface area contributed by atoms with Crippen LogP contribution in [0.5, 0.6) is 5.75 Å². The number of hydrogen-bond acceptors (Lipinski definition) is 5. The zero-order valence-corrected chi connectivity index (χ0v) is 16.6. The molecule has 0 bridgehead atoms. The number of thiazole rings is 1. The molecule has 0 saturated heterocycles. The van der Waals surface area contributed by atoms with Gasteiger partial charge in [-0.3, -0.25) is 20.4 Å². The number of hydrazine groups is 1. The number of halogens is 1. The van der Waals surface area contributed by atoms with Gasteiger partial charge in [0.2, 0.25) is 11.8 Å². The van der Waals surface area contributed by atoms with Crippen LogP contribution in [0.3, 0.4) is 0 Å². The van der Waals surface area contributed by atoms with Crippen molar-refractivity contribution in [2.75, 3.05) is 6.61 Å². The van der Waals surface area contributed by atoms with Gasteiger partial charge in [0.05, 0.1) is 30.7 Å². The van der Waals surface area contributed by atoms with Crippen molar-refractivity contribution in [1.82, 2.24) is 15.8 Å². The SMILES string of the molecule is CCOc1ccccc1-c1nc(CC(=O)NNC(=O)Cc2ccc(F)cc2)cs1. The Morgan fingerprint density at radius 2 is 1.72 bits per heavy atom. The summed E-state index contributed by atoms with van der Waals surface area (Å²) >= 11 is 1.42. The predicted molar refractivity (Wildman–Crippen MR) is 109 cm³/mol. The summed E-state index contributed by atoms with van der Waals surface area (Å²) < 4.78 is 18.5. The molecule has 0 aliphatic rings. The molecule has 2 amide bonds. The quantitative estimate of drug-likeness (QED) is 0.583. The Kier molecular flexibility index (Phi) is 6.91. The first-order chi connectivity index (χ1) is 14.0. The number of nitrogens with zero attached hydrogens (tertiary/aromatic N) is 1.